The number of aryl methyl sites for hydroxylation is 2. The van der Waals surface area contributed by atoms with Gasteiger partial charge in [0.05, 0.1) is 11.9 Å². The normalized spacial score (nSPS) is 10.4. The number of nitrogens with one attached hydrogen (secondary N) is 1. The molecule has 120 valence electrons. The molecule has 3 rings (SSSR count). The van der Waals surface area contributed by atoms with Gasteiger partial charge in [-0.05, 0) is 31.2 Å². The van der Waals surface area contributed by atoms with Gasteiger partial charge >= 0.3 is 0 Å². The van der Waals surface area contributed by atoms with Gasteiger partial charge in [0.15, 0.2) is 0 Å². The van der Waals surface area contributed by atoms with Gasteiger partial charge in [-0.2, -0.15) is 10.4 Å². The first-order chi connectivity index (χ1) is 11.5. The molecule has 0 unspecified atom stereocenters. The summed E-state index contributed by atoms with van der Waals surface area (Å²) in [5, 5.41) is 16.3. The molecule has 2 heterocycles. The molecule has 1 N–H and O–H groups in total. The van der Waals surface area contributed by atoms with E-state index >= 15 is 0 Å². The third-order valence-corrected chi connectivity index (χ3v) is 4.59. The number of hydrogen-bond acceptors (Lipinski definition) is 5. The van der Waals surface area contributed by atoms with Crippen LogP contribution < -0.4 is 5.32 Å². The topological polar surface area (TPSA) is 83.6 Å². The third-order valence-electron chi connectivity index (χ3n) is 3.39. The number of carbonyl (C=O) groups is 1. The Kier molecular flexibility index (Phi) is 4.10. The number of amides is 1. The van der Waals surface area contributed by atoms with Crippen molar-refractivity contribution >= 4 is 23.1 Å². The van der Waals surface area contributed by atoms with Gasteiger partial charge in [0.25, 0.3) is 5.91 Å². The van der Waals surface area contributed by atoms with Gasteiger partial charge < -0.3 is 5.32 Å². The lowest BCUT2D eigenvalue weighted by molar-refractivity contribution is 0.102. The first-order valence-corrected chi connectivity index (χ1v) is 7.78. The summed E-state index contributed by atoms with van der Waals surface area (Å²) >= 11 is 1.21. The van der Waals surface area contributed by atoms with Crippen molar-refractivity contribution in [2.75, 3.05) is 5.32 Å². The number of carbonyl (C=O) groups excluding carboxylic acids is 1. The molecule has 0 radical (unpaired) electrons. The Bertz CT molecular complexity index is 952. The number of benzene rings is 1. The van der Waals surface area contributed by atoms with E-state index in [4.69, 9.17) is 5.26 Å². The summed E-state index contributed by atoms with van der Waals surface area (Å²) in [5.41, 5.74) is 1.59. The van der Waals surface area contributed by atoms with Gasteiger partial charge in [0.1, 0.15) is 33.2 Å². The second kappa shape index (κ2) is 6.22. The van der Waals surface area contributed by atoms with Crippen molar-refractivity contribution in [2.45, 2.75) is 6.92 Å². The van der Waals surface area contributed by atoms with Crippen molar-refractivity contribution < 1.29 is 9.18 Å². The van der Waals surface area contributed by atoms with Crippen LogP contribution in [0.15, 0.2) is 30.5 Å². The predicted molar refractivity (Wildman–Crippen MR) is 88.1 cm³/mol. The molecule has 0 fully saturated rings. The Hall–Kier alpha value is -3.05. The van der Waals surface area contributed by atoms with Gasteiger partial charge in [0.2, 0.25) is 0 Å². The van der Waals surface area contributed by atoms with Gasteiger partial charge in [-0.15, -0.1) is 11.3 Å². The van der Waals surface area contributed by atoms with Gasteiger partial charge in [0, 0.05) is 12.6 Å². The summed E-state index contributed by atoms with van der Waals surface area (Å²) < 4.78 is 14.4. The second-order valence-electron chi connectivity index (χ2n) is 5.04. The highest BCUT2D eigenvalue weighted by atomic mass is 32.1. The van der Waals surface area contributed by atoms with E-state index in [1.54, 1.807) is 26.1 Å². The molecule has 24 heavy (non-hydrogen) atoms. The summed E-state index contributed by atoms with van der Waals surface area (Å²) in [7, 11) is 1.64. The van der Waals surface area contributed by atoms with Crippen LogP contribution in [-0.4, -0.2) is 20.7 Å². The number of anilines is 1. The standard InChI is InChI=1S/C16H12FN5OS/c1-9-13(15(23)21-14-11(7-18)8-19-22(14)2)24-16(20-9)10-3-5-12(17)6-4-10/h3-6,8H,1-2H3,(H,21,23). The van der Waals surface area contributed by atoms with Crippen LogP contribution in [0.4, 0.5) is 10.2 Å². The lowest BCUT2D eigenvalue weighted by atomic mass is 10.2. The van der Waals surface area contributed by atoms with E-state index in [1.165, 1.54) is 34.3 Å². The molecule has 2 aromatic heterocycles. The van der Waals surface area contributed by atoms with Crippen LogP contribution in [0.2, 0.25) is 0 Å². The minimum Gasteiger partial charge on any atom is -0.305 e. The van der Waals surface area contributed by atoms with Crippen LogP contribution in [0.3, 0.4) is 0 Å². The molecule has 6 nitrogen and oxygen atoms in total. The van der Waals surface area contributed by atoms with Crippen LogP contribution >= 0.6 is 11.3 Å². The zero-order valence-electron chi connectivity index (χ0n) is 12.9. The van der Waals surface area contributed by atoms with Crippen LogP contribution in [0.25, 0.3) is 10.6 Å². The van der Waals surface area contributed by atoms with E-state index in [9.17, 15) is 9.18 Å². The molecule has 0 atom stereocenters. The van der Waals surface area contributed by atoms with Crippen molar-refractivity contribution in [1.29, 1.82) is 5.26 Å². The van der Waals surface area contributed by atoms with Gasteiger partial charge in [-0.1, -0.05) is 0 Å². The number of aromatic nitrogens is 3. The SMILES string of the molecule is Cc1nc(-c2ccc(F)cc2)sc1C(=O)Nc1c(C#N)cnn1C. The van der Waals surface area contributed by atoms with Gasteiger partial charge in [-0.25, -0.2) is 9.37 Å². The molecule has 0 saturated heterocycles. The second-order valence-corrected chi connectivity index (χ2v) is 6.04. The van der Waals surface area contributed by atoms with Crippen molar-refractivity contribution in [1.82, 2.24) is 14.8 Å². The Labute approximate surface area is 141 Å². The number of thiazole rings is 1. The molecule has 0 aliphatic heterocycles. The van der Waals surface area contributed by atoms with Crippen molar-refractivity contribution in [3.05, 3.63) is 52.4 Å². The first kappa shape index (κ1) is 15.8. The molecule has 0 bridgehead atoms. The highest BCUT2D eigenvalue weighted by molar-refractivity contribution is 7.17. The van der Waals surface area contributed by atoms with E-state index in [1.807, 2.05) is 6.07 Å². The van der Waals surface area contributed by atoms with E-state index in [2.05, 4.69) is 15.4 Å². The van der Waals surface area contributed by atoms with Crippen LogP contribution in [0.1, 0.15) is 20.9 Å². The fourth-order valence-electron chi connectivity index (χ4n) is 2.15. The fourth-order valence-corrected chi connectivity index (χ4v) is 3.12. The van der Waals surface area contributed by atoms with E-state index in [0.717, 1.165) is 5.56 Å². The van der Waals surface area contributed by atoms with Crippen LogP contribution in [0, 0.1) is 24.1 Å². The maximum Gasteiger partial charge on any atom is 0.268 e. The largest absolute Gasteiger partial charge is 0.305 e. The molecule has 1 aromatic carbocycles. The monoisotopic (exact) mass is 341 g/mol. The van der Waals surface area contributed by atoms with E-state index in [-0.39, 0.29) is 17.3 Å². The molecule has 0 saturated carbocycles. The molecule has 3 aromatic rings. The maximum absolute atomic E-state index is 13.0. The van der Waals surface area contributed by atoms with Crippen molar-refractivity contribution in [2.24, 2.45) is 7.05 Å². The first-order valence-electron chi connectivity index (χ1n) is 6.96. The zero-order chi connectivity index (χ0) is 17.3. The molecule has 0 aliphatic rings. The minimum absolute atomic E-state index is 0.284. The quantitative estimate of drug-likeness (QED) is 0.793. The highest BCUT2D eigenvalue weighted by Crippen LogP contribution is 2.29. The lowest BCUT2D eigenvalue weighted by Gasteiger charge is -2.04. The Morgan fingerprint density at radius 2 is 2.08 bits per heavy atom. The summed E-state index contributed by atoms with van der Waals surface area (Å²) in [6, 6.07) is 7.90. The third kappa shape index (κ3) is 2.89. The smallest absolute Gasteiger partial charge is 0.268 e. The molecule has 1 amide bonds. The Balaban J connectivity index is 1.90. The molecule has 0 aliphatic carbocycles. The number of rotatable bonds is 3. The number of halogens is 1. The predicted octanol–water partition coefficient (Wildman–Crippen LogP) is 3.12. The Morgan fingerprint density at radius 1 is 1.38 bits per heavy atom. The van der Waals surface area contributed by atoms with E-state index in [0.29, 0.717) is 21.4 Å². The average molecular weight is 341 g/mol. The Morgan fingerprint density at radius 3 is 2.75 bits per heavy atom. The maximum atomic E-state index is 13.0. The summed E-state index contributed by atoms with van der Waals surface area (Å²) in [6.07, 6.45) is 1.39. The zero-order valence-corrected chi connectivity index (χ0v) is 13.7. The summed E-state index contributed by atoms with van der Waals surface area (Å²) in [5.74, 6) is -0.359. The van der Waals surface area contributed by atoms with Gasteiger partial charge in [-0.3, -0.25) is 9.48 Å². The van der Waals surface area contributed by atoms with Crippen molar-refractivity contribution in [3.63, 3.8) is 0 Å². The number of hydrogen-bond donors (Lipinski definition) is 1. The fraction of sp³-hybridized carbons (Fsp3) is 0.125. The van der Waals surface area contributed by atoms with Crippen molar-refractivity contribution in [3.8, 4) is 16.6 Å². The number of nitrogens with zero attached hydrogens (tertiary/aromatic N) is 4. The summed E-state index contributed by atoms with van der Waals surface area (Å²) in [6.45, 7) is 1.73. The molecular formula is C16H12FN5OS. The summed E-state index contributed by atoms with van der Waals surface area (Å²) in [4.78, 5) is 17.3. The van der Waals surface area contributed by atoms with E-state index < -0.39 is 0 Å². The van der Waals surface area contributed by atoms with Crippen LogP contribution in [-0.2, 0) is 7.05 Å². The number of nitriles is 1. The average Bonchev–Trinajstić information content (AvgIpc) is 3.12. The lowest BCUT2D eigenvalue weighted by Crippen LogP contribution is -2.15. The molecular weight excluding hydrogens is 329 g/mol. The van der Waals surface area contributed by atoms with Crippen LogP contribution in [0.5, 0.6) is 0 Å². The molecule has 8 heteroatoms. The minimum atomic E-state index is -0.363. The molecule has 0 spiro atoms. The highest BCUT2D eigenvalue weighted by Gasteiger charge is 2.19.